The average Bonchev–Trinajstić information content (AvgIpc) is 2.78. The summed E-state index contributed by atoms with van der Waals surface area (Å²) in [5.41, 5.74) is 2.70. The van der Waals surface area contributed by atoms with E-state index < -0.39 is 0 Å². The smallest absolute Gasteiger partial charge is 0.0483 e. The van der Waals surface area contributed by atoms with E-state index in [1.165, 1.54) is 16.5 Å². The number of aryl methyl sites for hydroxylation is 1. The van der Waals surface area contributed by atoms with E-state index in [2.05, 4.69) is 47.3 Å². The first-order chi connectivity index (χ1) is 9.36. The van der Waals surface area contributed by atoms with Gasteiger partial charge in [-0.05, 0) is 37.4 Å². The fourth-order valence-corrected chi connectivity index (χ4v) is 2.47. The Kier molecular flexibility index (Phi) is 5.43. The minimum atomic E-state index is 0.289. The second-order valence-corrected chi connectivity index (χ2v) is 4.97. The first-order valence-electron chi connectivity index (χ1n) is 7.25. The molecule has 19 heavy (non-hydrogen) atoms. The number of aromatic nitrogens is 1. The molecule has 1 aromatic carbocycles. The van der Waals surface area contributed by atoms with Crippen LogP contribution in [0.3, 0.4) is 0 Å². The third kappa shape index (κ3) is 3.58. The molecule has 0 radical (unpaired) electrons. The monoisotopic (exact) mass is 260 g/mol. The predicted octanol–water partition coefficient (Wildman–Crippen LogP) is 2.91. The van der Waals surface area contributed by atoms with Crippen molar-refractivity contribution in [3.05, 3.63) is 36.0 Å². The lowest BCUT2D eigenvalue weighted by atomic mass is 10.2. The van der Waals surface area contributed by atoms with E-state index in [4.69, 9.17) is 5.11 Å². The minimum Gasteiger partial charge on any atom is -0.396 e. The molecule has 0 saturated carbocycles. The van der Waals surface area contributed by atoms with E-state index in [-0.39, 0.29) is 6.61 Å². The first kappa shape index (κ1) is 14.1. The number of rotatable bonds is 8. The van der Waals surface area contributed by atoms with E-state index in [1.807, 2.05) is 0 Å². The number of fused-ring (bicyclic) bond motifs is 1. The summed E-state index contributed by atoms with van der Waals surface area (Å²) in [6.45, 7) is 5.45. The van der Waals surface area contributed by atoms with Gasteiger partial charge in [-0.25, -0.2) is 0 Å². The van der Waals surface area contributed by atoms with Crippen LogP contribution in [0.5, 0.6) is 0 Å². The highest BCUT2D eigenvalue weighted by atomic mass is 16.2. The van der Waals surface area contributed by atoms with Gasteiger partial charge in [0, 0.05) is 36.8 Å². The molecule has 1 aromatic heterocycles. The van der Waals surface area contributed by atoms with E-state index in [0.717, 1.165) is 38.9 Å². The average molecular weight is 260 g/mol. The maximum Gasteiger partial charge on any atom is 0.0483 e. The molecule has 0 atom stereocenters. The summed E-state index contributed by atoms with van der Waals surface area (Å²) in [7, 11) is 0. The highest BCUT2D eigenvalue weighted by Gasteiger charge is 2.06. The maximum atomic E-state index is 8.76. The zero-order chi connectivity index (χ0) is 13.5. The Balaban J connectivity index is 2.05. The van der Waals surface area contributed by atoms with Gasteiger partial charge in [-0.3, -0.25) is 0 Å². The van der Waals surface area contributed by atoms with Gasteiger partial charge in [-0.1, -0.05) is 25.1 Å². The molecule has 2 N–H and O–H groups in total. The normalized spacial score (nSPS) is 11.3. The van der Waals surface area contributed by atoms with Crippen molar-refractivity contribution < 1.29 is 5.11 Å². The van der Waals surface area contributed by atoms with Gasteiger partial charge in [-0.2, -0.15) is 0 Å². The molecule has 0 saturated heterocycles. The van der Waals surface area contributed by atoms with Crippen molar-refractivity contribution >= 4 is 10.9 Å². The van der Waals surface area contributed by atoms with Gasteiger partial charge in [0.15, 0.2) is 0 Å². The van der Waals surface area contributed by atoms with Gasteiger partial charge in [0.25, 0.3) is 0 Å². The molecule has 0 fully saturated rings. The Morgan fingerprint density at radius 1 is 1.21 bits per heavy atom. The van der Waals surface area contributed by atoms with Gasteiger partial charge in [0.05, 0.1) is 0 Å². The van der Waals surface area contributed by atoms with E-state index in [9.17, 15) is 0 Å². The molecule has 104 valence electrons. The number of benzene rings is 1. The fourth-order valence-electron chi connectivity index (χ4n) is 2.47. The molecule has 0 aliphatic carbocycles. The predicted molar refractivity (Wildman–Crippen MR) is 80.3 cm³/mol. The van der Waals surface area contributed by atoms with Crippen LogP contribution in [0.25, 0.3) is 10.9 Å². The van der Waals surface area contributed by atoms with Crippen LogP contribution in [0.1, 0.15) is 31.7 Å². The number of para-hydroxylation sites is 1. The molecule has 0 amide bonds. The molecule has 3 nitrogen and oxygen atoms in total. The summed E-state index contributed by atoms with van der Waals surface area (Å²) in [4.78, 5) is 0. The van der Waals surface area contributed by atoms with Crippen LogP contribution in [0.4, 0.5) is 0 Å². The molecule has 0 unspecified atom stereocenters. The summed E-state index contributed by atoms with van der Waals surface area (Å²) in [5, 5.41) is 13.6. The minimum absolute atomic E-state index is 0.289. The lowest BCUT2D eigenvalue weighted by Crippen LogP contribution is -2.14. The molecule has 2 rings (SSSR count). The Labute approximate surface area is 115 Å². The van der Waals surface area contributed by atoms with Crippen molar-refractivity contribution in [1.82, 2.24) is 9.88 Å². The quantitative estimate of drug-likeness (QED) is 0.716. The lowest BCUT2D eigenvalue weighted by Gasteiger charge is -2.02. The van der Waals surface area contributed by atoms with Crippen molar-refractivity contribution in [2.45, 2.75) is 39.3 Å². The van der Waals surface area contributed by atoms with Crippen LogP contribution < -0.4 is 5.32 Å². The van der Waals surface area contributed by atoms with Gasteiger partial charge in [-0.15, -0.1) is 0 Å². The van der Waals surface area contributed by atoms with Gasteiger partial charge in [0.2, 0.25) is 0 Å². The van der Waals surface area contributed by atoms with Crippen LogP contribution in [0.15, 0.2) is 30.5 Å². The molecule has 0 aliphatic rings. The number of nitrogens with zero attached hydrogens (tertiary/aromatic N) is 1. The second-order valence-electron chi connectivity index (χ2n) is 4.97. The van der Waals surface area contributed by atoms with Gasteiger partial charge < -0.3 is 15.0 Å². The van der Waals surface area contributed by atoms with E-state index in [1.54, 1.807) is 0 Å². The van der Waals surface area contributed by atoms with Gasteiger partial charge >= 0.3 is 0 Å². The molecule has 1 heterocycles. The van der Waals surface area contributed by atoms with Crippen LogP contribution in [-0.4, -0.2) is 22.8 Å². The Hall–Kier alpha value is -1.32. The summed E-state index contributed by atoms with van der Waals surface area (Å²) in [5.74, 6) is 0. The third-order valence-corrected chi connectivity index (χ3v) is 3.41. The Morgan fingerprint density at radius 3 is 2.84 bits per heavy atom. The summed E-state index contributed by atoms with van der Waals surface area (Å²) in [6, 6.07) is 8.60. The number of aliphatic hydroxyl groups excluding tert-OH is 1. The van der Waals surface area contributed by atoms with Crippen molar-refractivity contribution in [2.24, 2.45) is 0 Å². The largest absolute Gasteiger partial charge is 0.396 e. The zero-order valence-electron chi connectivity index (χ0n) is 11.7. The summed E-state index contributed by atoms with van der Waals surface area (Å²) in [6.07, 6.45) is 5.34. The van der Waals surface area contributed by atoms with E-state index >= 15 is 0 Å². The summed E-state index contributed by atoms with van der Waals surface area (Å²) < 4.78 is 2.35. The molecular weight excluding hydrogens is 236 g/mol. The maximum absolute atomic E-state index is 8.76. The second kappa shape index (κ2) is 7.31. The highest BCUT2D eigenvalue weighted by Crippen LogP contribution is 2.21. The number of unbranched alkanes of at least 4 members (excludes halogenated alkanes) is 1. The number of nitrogens with one attached hydrogen (secondary N) is 1. The SMILES string of the molecule is CCCn1cc(CNCCCCO)c2ccccc21. The molecule has 3 heteroatoms. The molecule has 0 spiro atoms. The van der Waals surface area contributed by atoms with Crippen LogP contribution in [-0.2, 0) is 13.1 Å². The topological polar surface area (TPSA) is 37.2 Å². The number of hydrogen-bond donors (Lipinski definition) is 2. The molecule has 0 aliphatic heterocycles. The fraction of sp³-hybridized carbons (Fsp3) is 0.500. The molecular formula is C16H24N2O. The van der Waals surface area contributed by atoms with Gasteiger partial charge in [0.1, 0.15) is 0 Å². The van der Waals surface area contributed by atoms with Crippen molar-refractivity contribution in [3.63, 3.8) is 0 Å². The van der Waals surface area contributed by atoms with Crippen LogP contribution in [0.2, 0.25) is 0 Å². The Bertz CT molecular complexity index is 504. The van der Waals surface area contributed by atoms with E-state index in [0.29, 0.717) is 0 Å². The molecule has 2 aromatic rings. The Morgan fingerprint density at radius 2 is 2.05 bits per heavy atom. The van der Waals surface area contributed by atoms with Crippen molar-refractivity contribution in [1.29, 1.82) is 0 Å². The third-order valence-electron chi connectivity index (χ3n) is 3.41. The summed E-state index contributed by atoms with van der Waals surface area (Å²) >= 11 is 0. The number of hydrogen-bond acceptors (Lipinski definition) is 2. The number of aliphatic hydroxyl groups is 1. The van der Waals surface area contributed by atoms with Crippen molar-refractivity contribution in [3.8, 4) is 0 Å². The van der Waals surface area contributed by atoms with Crippen molar-refractivity contribution in [2.75, 3.05) is 13.2 Å². The zero-order valence-corrected chi connectivity index (χ0v) is 11.7. The highest BCUT2D eigenvalue weighted by molar-refractivity contribution is 5.83. The molecule has 0 bridgehead atoms. The van der Waals surface area contributed by atoms with Crippen LogP contribution in [0, 0.1) is 0 Å². The standard InChI is InChI=1S/C16H24N2O/c1-2-10-18-13-14(12-17-9-5-6-11-19)15-7-3-4-8-16(15)18/h3-4,7-8,13,17,19H,2,5-6,9-12H2,1H3. The van der Waals surface area contributed by atoms with Crippen LogP contribution >= 0.6 is 0 Å². The lowest BCUT2D eigenvalue weighted by molar-refractivity contribution is 0.283. The first-order valence-corrected chi connectivity index (χ1v) is 7.25.